The first-order valence-electron chi connectivity index (χ1n) is 5.52. The number of hydrogen-bond donors (Lipinski definition) is 1. The summed E-state index contributed by atoms with van der Waals surface area (Å²) in [5, 5.41) is -0.178. The van der Waals surface area contributed by atoms with Gasteiger partial charge < -0.3 is 5.73 Å². The fourth-order valence-corrected chi connectivity index (χ4v) is 4.56. The topological polar surface area (TPSA) is 60.2 Å². The molecule has 0 saturated heterocycles. The van der Waals surface area contributed by atoms with E-state index >= 15 is 0 Å². The molecule has 0 spiro atoms. The molecule has 3 nitrogen and oxygen atoms in total. The molecule has 0 aliphatic heterocycles. The first-order chi connectivity index (χ1) is 9.31. The normalized spacial score (nSPS) is 11.6. The van der Waals surface area contributed by atoms with E-state index in [1.54, 1.807) is 0 Å². The van der Waals surface area contributed by atoms with Crippen molar-refractivity contribution < 1.29 is 12.8 Å². The average Bonchev–Trinajstić information content (AvgIpc) is 2.34. The molecule has 0 aliphatic rings. The van der Waals surface area contributed by atoms with Gasteiger partial charge in [0.15, 0.2) is 9.84 Å². The summed E-state index contributed by atoms with van der Waals surface area (Å²) in [5.41, 5.74) is 6.23. The van der Waals surface area contributed by atoms with E-state index in [2.05, 4.69) is 15.9 Å². The Morgan fingerprint density at radius 1 is 1.25 bits per heavy atom. The molecule has 0 atom stereocenters. The standard InChI is InChI=1S/C13H10BrClFNO2S/c14-10-6-9(17)4-5-12(10)20(18,19)7-8-2-1-3-11(16)13(8)15/h1-6H,7,17H2. The van der Waals surface area contributed by atoms with Gasteiger partial charge in [0.05, 0.1) is 15.7 Å². The minimum absolute atomic E-state index is 0.0898. The van der Waals surface area contributed by atoms with Gasteiger partial charge in [-0.25, -0.2) is 12.8 Å². The van der Waals surface area contributed by atoms with Crippen LogP contribution in [0.4, 0.5) is 10.1 Å². The molecule has 0 radical (unpaired) electrons. The van der Waals surface area contributed by atoms with Crippen molar-refractivity contribution in [2.24, 2.45) is 0 Å². The quantitative estimate of drug-likeness (QED) is 0.827. The zero-order valence-electron chi connectivity index (χ0n) is 10.1. The Morgan fingerprint density at radius 2 is 1.95 bits per heavy atom. The van der Waals surface area contributed by atoms with Crippen molar-refractivity contribution in [3.63, 3.8) is 0 Å². The van der Waals surface area contributed by atoms with Gasteiger partial charge >= 0.3 is 0 Å². The van der Waals surface area contributed by atoms with Crippen LogP contribution in [0.5, 0.6) is 0 Å². The summed E-state index contributed by atoms with van der Waals surface area (Å²) in [5.74, 6) is -1.03. The molecule has 2 aromatic carbocycles. The van der Waals surface area contributed by atoms with Crippen molar-refractivity contribution >= 4 is 43.1 Å². The Balaban J connectivity index is 2.44. The van der Waals surface area contributed by atoms with Crippen LogP contribution >= 0.6 is 27.5 Å². The first kappa shape index (κ1) is 15.3. The lowest BCUT2D eigenvalue weighted by Crippen LogP contribution is -2.07. The number of halogens is 3. The van der Waals surface area contributed by atoms with Gasteiger partial charge in [0.2, 0.25) is 0 Å². The number of benzene rings is 2. The van der Waals surface area contributed by atoms with Crippen molar-refractivity contribution in [1.29, 1.82) is 0 Å². The average molecular weight is 379 g/mol. The first-order valence-corrected chi connectivity index (χ1v) is 8.34. The number of anilines is 1. The van der Waals surface area contributed by atoms with Crippen LogP contribution in [0.15, 0.2) is 45.8 Å². The predicted octanol–water partition coefficient (Wildman–Crippen LogP) is 3.80. The van der Waals surface area contributed by atoms with Crippen LogP contribution in [0.1, 0.15) is 5.56 Å². The Kier molecular flexibility index (Phi) is 4.36. The molecular formula is C13H10BrClFNO2S. The Bertz CT molecular complexity index is 765. The summed E-state index contributed by atoms with van der Waals surface area (Å²) >= 11 is 8.94. The number of rotatable bonds is 3. The number of hydrogen-bond acceptors (Lipinski definition) is 3. The number of nitrogen functional groups attached to an aromatic ring is 1. The van der Waals surface area contributed by atoms with E-state index in [-0.39, 0.29) is 21.2 Å². The summed E-state index contributed by atoms with van der Waals surface area (Å²) in [6.07, 6.45) is 0. The highest BCUT2D eigenvalue weighted by atomic mass is 79.9. The summed E-state index contributed by atoms with van der Waals surface area (Å²) in [7, 11) is -3.65. The SMILES string of the molecule is Nc1ccc(S(=O)(=O)Cc2cccc(F)c2Cl)c(Br)c1. The van der Waals surface area contributed by atoms with Crippen LogP contribution in [0.25, 0.3) is 0 Å². The second kappa shape index (κ2) is 5.71. The summed E-state index contributed by atoms with van der Waals surface area (Å²) < 4.78 is 38.4. The van der Waals surface area contributed by atoms with Crippen LogP contribution in [0.3, 0.4) is 0 Å². The third kappa shape index (κ3) is 3.13. The fourth-order valence-electron chi connectivity index (χ4n) is 1.71. The minimum Gasteiger partial charge on any atom is -0.399 e. The van der Waals surface area contributed by atoms with Crippen molar-refractivity contribution in [2.75, 3.05) is 5.73 Å². The lowest BCUT2D eigenvalue weighted by Gasteiger charge is -2.09. The highest BCUT2D eigenvalue weighted by Crippen LogP contribution is 2.29. The maximum Gasteiger partial charge on any atom is 0.183 e. The largest absolute Gasteiger partial charge is 0.399 e. The molecule has 2 N–H and O–H groups in total. The molecule has 0 aromatic heterocycles. The lowest BCUT2D eigenvalue weighted by atomic mass is 10.2. The molecule has 0 heterocycles. The smallest absolute Gasteiger partial charge is 0.183 e. The van der Waals surface area contributed by atoms with Crippen molar-refractivity contribution in [3.05, 3.63) is 57.3 Å². The second-order valence-corrected chi connectivity index (χ2v) is 7.35. The van der Waals surface area contributed by atoms with E-state index in [9.17, 15) is 12.8 Å². The van der Waals surface area contributed by atoms with E-state index in [1.807, 2.05) is 0 Å². The molecule has 0 aliphatic carbocycles. The van der Waals surface area contributed by atoms with E-state index in [4.69, 9.17) is 17.3 Å². The Labute approximate surface area is 129 Å². The summed E-state index contributed by atoms with van der Waals surface area (Å²) in [6, 6.07) is 8.47. The van der Waals surface area contributed by atoms with E-state index in [1.165, 1.54) is 36.4 Å². The number of sulfone groups is 1. The molecule has 0 fully saturated rings. The van der Waals surface area contributed by atoms with E-state index in [0.29, 0.717) is 10.2 Å². The van der Waals surface area contributed by atoms with E-state index < -0.39 is 15.7 Å². The van der Waals surface area contributed by atoms with Crippen LogP contribution in [0.2, 0.25) is 5.02 Å². The van der Waals surface area contributed by atoms with Gasteiger partial charge in [-0.1, -0.05) is 23.7 Å². The zero-order valence-corrected chi connectivity index (χ0v) is 13.3. The second-order valence-electron chi connectivity index (χ2n) is 4.16. The minimum atomic E-state index is -3.65. The van der Waals surface area contributed by atoms with Crippen LogP contribution in [-0.4, -0.2) is 8.42 Å². The third-order valence-electron chi connectivity index (χ3n) is 2.67. The lowest BCUT2D eigenvalue weighted by molar-refractivity contribution is 0.594. The van der Waals surface area contributed by atoms with Gasteiger partial charge in [-0.2, -0.15) is 0 Å². The third-order valence-corrected chi connectivity index (χ3v) is 5.73. The van der Waals surface area contributed by atoms with Crippen LogP contribution in [-0.2, 0) is 15.6 Å². The van der Waals surface area contributed by atoms with Crippen molar-refractivity contribution in [3.8, 4) is 0 Å². The molecule has 7 heteroatoms. The zero-order chi connectivity index (χ0) is 14.9. The van der Waals surface area contributed by atoms with Gasteiger partial charge in [-0.05, 0) is 45.8 Å². The molecule has 0 saturated carbocycles. The summed E-state index contributed by atoms with van der Waals surface area (Å²) in [6.45, 7) is 0. The molecule has 2 aromatic rings. The van der Waals surface area contributed by atoms with Gasteiger partial charge in [0.1, 0.15) is 5.82 Å². The highest BCUT2D eigenvalue weighted by molar-refractivity contribution is 9.10. The molecule has 106 valence electrons. The van der Waals surface area contributed by atoms with Gasteiger partial charge in [0.25, 0.3) is 0 Å². The molecule has 0 unspecified atom stereocenters. The predicted molar refractivity (Wildman–Crippen MR) is 80.9 cm³/mol. The molecule has 2 rings (SSSR count). The maximum absolute atomic E-state index is 13.3. The number of nitrogens with two attached hydrogens (primary N) is 1. The maximum atomic E-state index is 13.3. The van der Waals surface area contributed by atoms with Gasteiger partial charge in [-0.3, -0.25) is 0 Å². The van der Waals surface area contributed by atoms with E-state index in [0.717, 1.165) is 0 Å². The van der Waals surface area contributed by atoms with Gasteiger partial charge in [-0.15, -0.1) is 0 Å². The van der Waals surface area contributed by atoms with Crippen LogP contribution in [0, 0.1) is 5.82 Å². The monoisotopic (exact) mass is 377 g/mol. The highest BCUT2D eigenvalue weighted by Gasteiger charge is 2.20. The molecule has 20 heavy (non-hydrogen) atoms. The fraction of sp³-hybridized carbons (Fsp3) is 0.0769. The van der Waals surface area contributed by atoms with Crippen LogP contribution < -0.4 is 5.73 Å². The Morgan fingerprint density at radius 3 is 2.60 bits per heavy atom. The molecule has 0 amide bonds. The van der Waals surface area contributed by atoms with Crippen molar-refractivity contribution in [1.82, 2.24) is 0 Å². The molecule has 0 bridgehead atoms. The van der Waals surface area contributed by atoms with Gasteiger partial charge in [0, 0.05) is 10.2 Å². The molecular weight excluding hydrogens is 369 g/mol. The Hall–Kier alpha value is -1.11. The summed E-state index contributed by atoms with van der Waals surface area (Å²) in [4.78, 5) is 0.0898. The van der Waals surface area contributed by atoms with Crippen molar-refractivity contribution in [2.45, 2.75) is 10.6 Å².